The molecule has 0 aromatic heterocycles. The number of fused-ring (bicyclic) bond motifs is 1. The number of amides is 1. The van der Waals surface area contributed by atoms with Crippen LogP contribution in [0.15, 0.2) is 42.3 Å². The van der Waals surface area contributed by atoms with E-state index in [2.05, 4.69) is 10.1 Å². The molecule has 0 fully saturated rings. The van der Waals surface area contributed by atoms with Crippen LogP contribution in [0.4, 0.5) is 0 Å². The zero-order valence-corrected chi connectivity index (χ0v) is 11.5. The van der Waals surface area contributed by atoms with Crippen molar-refractivity contribution >= 4 is 22.6 Å². The first kappa shape index (κ1) is 8.67. The summed E-state index contributed by atoms with van der Waals surface area (Å²) in [5, 5.41) is 2.26. The molecule has 5 heteroatoms. The van der Waals surface area contributed by atoms with Crippen LogP contribution in [0.3, 0.4) is 0 Å². The van der Waals surface area contributed by atoms with E-state index in [0.717, 1.165) is 0 Å². The zero-order valence-electron chi connectivity index (χ0n) is 17.5. The molecule has 1 atom stereocenters. The van der Waals surface area contributed by atoms with Crippen LogP contribution < -0.4 is 10.1 Å². The van der Waals surface area contributed by atoms with Crippen LogP contribution in [0.2, 0.25) is 0 Å². The molecule has 5 nitrogen and oxygen atoms in total. The summed E-state index contributed by atoms with van der Waals surface area (Å²) in [6.45, 7) is 0.872. The second-order valence-corrected chi connectivity index (χ2v) is 4.15. The van der Waals surface area contributed by atoms with Crippen molar-refractivity contribution in [3.8, 4) is 5.75 Å². The Labute approximate surface area is 131 Å². The predicted molar refractivity (Wildman–Crippen MR) is 79.1 cm³/mol. The minimum Gasteiger partial charge on any atom is -0.484 e. The van der Waals surface area contributed by atoms with E-state index in [9.17, 15) is 9.59 Å². The van der Waals surface area contributed by atoms with Gasteiger partial charge in [-0.15, -0.1) is 0 Å². The number of carbonyl (C=O) groups is 2. The van der Waals surface area contributed by atoms with E-state index in [4.69, 9.17) is 13.0 Å². The fourth-order valence-electron chi connectivity index (χ4n) is 1.56. The standard InChI is InChI=1S/C16H17NO4/c1-11(16(19)20-2)17-15(18)10-21-14-8-7-12-5-3-4-6-13(12)9-14/h3-9,11H,10H2,1-2H3,(H,17,18)/i3D,4D,5D,6D,7D,8D. The van der Waals surface area contributed by atoms with E-state index in [0.29, 0.717) is 0 Å². The molecule has 0 saturated heterocycles. The lowest BCUT2D eigenvalue weighted by molar-refractivity contribution is -0.144. The van der Waals surface area contributed by atoms with E-state index in [1.807, 2.05) is 0 Å². The molecule has 1 N–H and O–H groups in total. The van der Waals surface area contributed by atoms with Gasteiger partial charge < -0.3 is 14.8 Å². The number of methoxy groups -OCH3 is 1. The number of nitrogens with one attached hydrogen (secondary N) is 1. The van der Waals surface area contributed by atoms with Crippen molar-refractivity contribution in [3.05, 3.63) is 42.3 Å². The van der Waals surface area contributed by atoms with Crippen LogP contribution in [0.25, 0.3) is 10.8 Å². The third kappa shape index (κ3) is 3.95. The molecule has 0 spiro atoms. The van der Waals surface area contributed by atoms with Crippen LogP contribution in [-0.4, -0.2) is 31.6 Å². The molecule has 0 bridgehead atoms. The van der Waals surface area contributed by atoms with Crippen molar-refractivity contribution in [2.24, 2.45) is 0 Å². The van der Waals surface area contributed by atoms with Gasteiger partial charge in [-0.05, 0) is 29.8 Å². The van der Waals surface area contributed by atoms with Crippen LogP contribution >= 0.6 is 0 Å². The smallest absolute Gasteiger partial charge is 0.328 e. The third-order valence-electron chi connectivity index (χ3n) is 2.59. The molecule has 21 heavy (non-hydrogen) atoms. The minimum absolute atomic E-state index is 0.0142. The van der Waals surface area contributed by atoms with E-state index in [1.165, 1.54) is 20.1 Å². The number of ether oxygens (including phenoxy) is 2. The second-order valence-electron chi connectivity index (χ2n) is 4.15. The number of carbonyl (C=O) groups excluding carboxylic acids is 2. The number of rotatable bonds is 5. The van der Waals surface area contributed by atoms with Gasteiger partial charge in [-0.25, -0.2) is 4.79 Å². The van der Waals surface area contributed by atoms with Gasteiger partial charge in [-0.3, -0.25) is 4.79 Å². The van der Waals surface area contributed by atoms with Crippen LogP contribution in [-0.2, 0) is 14.3 Å². The normalized spacial score (nSPS) is 15.7. The minimum atomic E-state index is -0.892. The van der Waals surface area contributed by atoms with Gasteiger partial charge in [-0.2, -0.15) is 0 Å². The highest BCUT2D eigenvalue weighted by Gasteiger charge is 2.15. The molecule has 2 aromatic rings. The van der Waals surface area contributed by atoms with Gasteiger partial charge in [0.2, 0.25) is 0 Å². The first-order valence-electron chi connectivity index (χ1n) is 9.10. The van der Waals surface area contributed by atoms with Crippen molar-refractivity contribution in [1.82, 2.24) is 5.32 Å². The van der Waals surface area contributed by atoms with E-state index >= 15 is 0 Å². The topological polar surface area (TPSA) is 64.6 Å². The molecular formula is C16H17NO4. The Kier molecular flexibility index (Phi) is 2.78. The zero-order chi connectivity index (χ0) is 20.5. The molecule has 0 saturated carbocycles. The Balaban J connectivity index is 2.34. The second kappa shape index (κ2) is 6.74. The molecule has 1 amide bonds. The molecule has 0 radical (unpaired) electrons. The Hall–Kier alpha value is -2.56. The summed E-state index contributed by atoms with van der Waals surface area (Å²) in [6, 6.07) is -2.29. The summed E-state index contributed by atoms with van der Waals surface area (Å²) in [5.41, 5.74) is 0. The average Bonchev–Trinajstić information content (AvgIpc) is 2.64. The molecule has 110 valence electrons. The first-order chi connectivity index (χ1) is 12.6. The molecule has 1 unspecified atom stereocenters. The molecule has 2 aromatic carbocycles. The van der Waals surface area contributed by atoms with Crippen molar-refractivity contribution in [2.75, 3.05) is 13.7 Å². The summed E-state index contributed by atoms with van der Waals surface area (Å²) < 4.78 is 57.0. The first-order valence-corrected chi connectivity index (χ1v) is 6.10. The molecule has 0 aliphatic heterocycles. The molecule has 0 aliphatic carbocycles. The maximum Gasteiger partial charge on any atom is 0.328 e. The summed E-state index contributed by atoms with van der Waals surface area (Å²) in [7, 11) is 1.18. The summed E-state index contributed by atoms with van der Waals surface area (Å²) in [5.74, 6) is -1.48. The lowest BCUT2D eigenvalue weighted by atomic mass is 10.1. The van der Waals surface area contributed by atoms with Crippen molar-refractivity contribution in [3.63, 3.8) is 0 Å². The number of hydrogen-bond acceptors (Lipinski definition) is 4. The van der Waals surface area contributed by atoms with Crippen LogP contribution in [0.1, 0.15) is 15.1 Å². The van der Waals surface area contributed by atoms with Crippen LogP contribution in [0.5, 0.6) is 5.75 Å². The number of benzene rings is 2. The van der Waals surface area contributed by atoms with Crippen molar-refractivity contribution in [1.29, 1.82) is 0 Å². The summed E-state index contributed by atoms with van der Waals surface area (Å²) >= 11 is 0. The van der Waals surface area contributed by atoms with E-state index in [1.54, 1.807) is 0 Å². The quantitative estimate of drug-likeness (QED) is 0.855. The largest absolute Gasteiger partial charge is 0.484 e. The van der Waals surface area contributed by atoms with Gasteiger partial charge >= 0.3 is 5.97 Å². The Morgan fingerprint density at radius 1 is 1.24 bits per heavy atom. The van der Waals surface area contributed by atoms with Gasteiger partial charge in [0, 0.05) is 0 Å². The van der Waals surface area contributed by atoms with Gasteiger partial charge in [0.25, 0.3) is 5.91 Å². The van der Waals surface area contributed by atoms with Crippen molar-refractivity contribution < 1.29 is 27.3 Å². The molecular weight excluding hydrogens is 270 g/mol. The van der Waals surface area contributed by atoms with Gasteiger partial charge in [0.1, 0.15) is 11.8 Å². The lowest BCUT2D eigenvalue weighted by Crippen LogP contribution is -2.41. The van der Waals surface area contributed by atoms with Crippen LogP contribution in [0, 0.1) is 0 Å². The average molecular weight is 293 g/mol. The van der Waals surface area contributed by atoms with Gasteiger partial charge in [0.15, 0.2) is 6.61 Å². The maximum atomic E-state index is 11.9. The molecule has 2 rings (SSSR count). The van der Waals surface area contributed by atoms with Gasteiger partial charge in [0.05, 0.1) is 15.3 Å². The van der Waals surface area contributed by atoms with Gasteiger partial charge in [-0.1, -0.05) is 30.2 Å². The fraction of sp³-hybridized carbons (Fsp3) is 0.250. The fourth-order valence-corrected chi connectivity index (χ4v) is 1.56. The lowest BCUT2D eigenvalue weighted by Gasteiger charge is -2.12. The highest BCUT2D eigenvalue weighted by molar-refractivity contribution is 5.85. The van der Waals surface area contributed by atoms with E-state index in [-0.39, 0.29) is 22.6 Å². The Morgan fingerprint density at radius 3 is 2.67 bits per heavy atom. The maximum absolute atomic E-state index is 11.9. The monoisotopic (exact) mass is 293 g/mol. The molecule has 0 heterocycles. The number of hydrogen-bond donors (Lipinski definition) is 1. The molecule has 0 aliphatic rings. The third-order valence-corrected chi connectivity index (χ3v) is 2.59. The SMILES string of the molecule is [2H]c1c([2H])c([2H])c2c([2H])c([2H])c(OCC(=O)NC(C)C(=O)OC)cc2c1[2H]. The number of esters is 1. The Bertz CT molecular complexity index is 933. The van der Waals surface area contributed by atoms with E-state index < -0.39 is 54.7 Å². The predicted octanol–water partition coefficient (Wildman–Crippen LogP) is 1.90. The summed E-state index contributed by atoms with van der Waals surface area (Å²) in [6.07, 6.45) is 0. The van der Waals surface area contributed by atoms with Crippen molar-refractivity contribution in [2.45, 2.75) is 13.0 Å². The Morgan fingerprint density at radius 2 is 1.95 bits per heavy atom. The summed E-state index contributed by atoms with van der Waals surface area (Å²) in [4.78, 5) is 23.1. The highest BCUT2D eigenvalue weighted by atomic mass is 16.5. The highest BCUT2D eigenvalue weighted by Crippen LogP contribution is 2.20.